The molecule has 8 heteroatoms. The molecule has 1 atom stereocenters. The molecule has 0 saturated carbocycles. The third kappa shape index (κ3) is 4.84. The lowest BCUT2D eigenvalue weighted by molar-refractivity contribution is -0.384. The van der Waals surface area contributed by atoms with Gasteiger partial charge in [-0.3, -0.25) is 19.8 Å². The summed E-state index contributed by atoms with van der Waals surface area (Å²) in [6.07, 6.45) is 0.922. The van der Waals surface area contributed by atoms with E-state index in [-0.39, 0.29) is 18.1 Å². The lowest BCUT2D eigenvalue weighted by atomic mass is 10.2. The van der Waals surface area contributed by atoms with Crippen molar-refractivity contribution >= 4 is 40.6 Å². The fourth-order valence-electron chi connectivity index (χ4n) is 3.20. The molecule has 6 nitrogen and oxygen atoms in total. The Kier molecular flexibility index (Phi) is 6.59. The molecule has 0 saturated heterocycles. The largest absolute Gasteiger partial charge is 0.310 e. The number of nitro groups is 1. The fraction of sp³-hybridized carbons (Fsp3) is 0.350. The number of thioether (sulfide) groups is 1. The number of rotatable bonds is 5. The van der Waals surface area contributed by atoms with Crippen molar-refractivity contribution in [2.75, 3.05) is 25.0 Å². The molecule has 3 rings (SSSR count). The summed E-state index contributed by atoms with van der Waals surface area (Å²) in [4.78, 5) is 28.4. The summed E-state index contributed by atoms with van der Waals surface area (Å²) in [6, 6.07) is 12.3. The zero-order valence-corrected chi connectivity index (χ0v) is 17.4. The summed E-state index contributed by atoms with van der Waals surface area (Å²) in [6.45, 7) is 3.40. The average Bonchev–Trinajstić information content (AvgIpc) is 2.81. The number of carbonyl (C=O) groups is 1. The van der Waals surface area contributed by atoms with E-state index in [9.17, 15) is 14.9 Å². The van der Waals surface area contributed by atoms with Gasteiger partial charge in [-0.1, -0.05) is 30.7 Å². The molecule has 0 spiro atoms. The number of anilines is 1. The van der Waals surface area contributed by atoms with Gasteiger partial charge < -0.3 is 4.90 Å². The van der Waals surface area contributed by atoms with Crippen molar-refractivity contribution in [3.05, 3.63) is 63.2 Å². The molecule has 1 amide bonds. The zero-order chi connectivity index (χ0) is 20.3. The Morgan fingerprint density at radius 3 is 2.86 bits per heavy atom. The molecule has 148 valence electrons. The first-order valence-corrected chi connectivity index (χ1v) is 10.3. The van der Waals surface area contributed by atoms with Crippen LogP contribution in [0.15, 0.2) is 47.4 Å². The van der Waals surface area contributed by atoms with Crippen LogP contribution in [0.3, 0.4) is 0 Å². The highest BCUT2D eigenvalue weighted by Crippen LogP contribution is 2.37. The minimum absolute atomic E-state index is 0.00574. The molecule has 2 aromatic carbocycles. The van der Waals surface area contributed by atoms with Gasteiger partial charge in [0.15, 0.2) is 0 Å². The third-order valence-electron chi connectivity index (χ3n) is 4.63. The van der Waals surface area contributed by atoms with Gasteiger partial charge in [-0.2, -0.15) is 0 Å². The molecule has 0 aliphatic carbocycles. The van der Waals surface area contributed by atoms with Gasteiger partial charge in [0.25, 0.3) is 5.69 Å². The summed E-state index contributed by atoms with van der Waals surface area (Å²) in [7, 11) is 1.81. The van der Waals surface area contributed by atoms with Crippen molar-refractivity contribution in [3.63, 3.8) is 0 Å². The number of amides is 1. The summed E-state index contributed by atoms with van der Waals surface area (Å²) in [5.41, 5.74) is 1.57. The average molecular weight is 420 g/mol. The van der Waals surface area contributed by atoms with Crippen LogP contribution in [0.25, 0.3) is 0 Å². The van der Waals surface area contributed by atoms with Crippen LogP contribution in [0.1, 0.15) is 18.9 Å². The number of likely N-dealkylation sites (N-methyl/N-ethyl adjacent to an activating group) is 1. The molecule has 1 unspecified atom stereocenters. The lowest BCUT2D eigenvalue weighted by Gasteiger charge is -2.25. The Balaban J connectivity index is 1.73. The number of carbonyl (C=O) groups excluding carboxylic acids is 1. The van der Waals surface area contributed by atoms with Gasteiger partial charge in [-0.15, -0.1) is 11.8 Å². The maximum Gasteiger partial charge on any atom is 0.269 e. The van der Waals surface area contributed by atoms with E-state index < -0.39 is 4.92 Å². The normalized spacial score (nSPS) is 16.6. The van der Waals surface area contributed by atoms with E-state index in [0.29, 0.717) is 28.9 Å². The summed E-state index contributed by atoms with van der Waals surface area (Å²) < 4.78 is 0. The first-order valence-electron chi connectivity index (χ1n) is 9.02. The predicted molar refractivity (Wildman–Crippen MR) is 113 cm³/mol. The first-order chi connectivity index (χ1) is 13.3. The molecule has 1 aliphatic rings. The maximum atomic E-state index is 13.0. The van der Waals surface area contributed by atoms with Crippen LogP contribution in [-0.2, 0) is 11.3 Å². The molecular formula is C20H22ClN3O3S. The van der Waals surface area contributed by atoms with Crippen molar-refractivity contribution in [2.24, 2.45) is 0 Å². The van der Waals surface area contributed by atoms with E-state index in [1.807, 2.05) is 35.0 Å². The number of para-hydroxylation sites is 1. The molecule has 1 aliphatic heterocycles. The molecule has 1 heterocycles. The van der Waals surface area contributed by atoms with Gasteiger partial charge in [0.2, 0.25) is 5.91 Å². The smallest absolute Gasteiger partial charge is 0.269 e. The summed E-state index contributed by atoms with van der Waals surface area (Å²) in [5.74, 6) is 0.00574. The quantitative estimate of drug-likeness (QED) is 0.523. The molecular weight excluding hydrogens is 398 g/mol. The third-order valence-corrected chi connectivity index (χ3v) is 6.24. The number of hydrogen-bond acceptors (Lipinski definition) is 5. The van der Waals surface area contributed by atoms with E-state index >= 15 is 0 Å². The Labute approximate surface area is 173 Å². The molecule has 0 N–H and O–H groups in total. The minimum atomic E-state index is -0.446. The summed E-state index contributed by atoms with van der Waals surface area (Å²) >= 11 is 7.98. The van der Waals surface area contributed by atoms with Crippen LogP contribution in [0.2, 0.25) is 5.02 Å². The van der Waals surface area contributed by atoms with E-state index in [1.165, 1.54) is 18.2 Å². The monoisotopic (exact) mass is 419 g/mol. The zero-order valence-electron chi connectivity index (χ0n) is 15.8. The highest BCUT2D eigenvalue weighted by atomic mass is 35.5. The predicted octanol–water partition coefficient (Wildman–Crippen LogP) is 4.60. The number of nitrogens with zero attached hydrogens (tertiary/aromatic N) is 3. The molecule has 0 fully saturated rings. The van der Waals surface area contributed by atoms with Crippen molar-refractivity contribution < 1.29 is 9.72 Å². The molecule has 0 radical (unpaired) electrons. The summed E-state index contributed by atoms with van der Waals surface area (Å²) in [5, 5.41) is 11.9. The minimum Gasteiger partial charge on any atom is -0.310 e. The molecule has 2 aromatic rings. The van der Waals surface area contributed by atoms with Gasteiger partial charge >= 0.3 is 0 Å². The Hall–Kier alpha value is -2.09. The molecule has 0 bridgehead atoms. The topological polar surface area (TPSA) is 66.7 Å². The van der Waals surface area contributed by atoms with Crippen LogP contribution in [0.4, 0.5) is 11.4 Å². The highest BCUT2D eigenvalue weighted by molar-refractivity contribution is 8.00. The van der Waals surface area contributed by atoms with E-state index in [4.69, 9.17) is 11.6 Å². The van der Waals surface area contributed by atoms with Crippen LogP contribution >= 0.6 is 23.4 Å². The maximum absolute atomic E-state index is 13.0. The van der Waals surface area contributed by atoms with Crippen molar-refractivity contribution in [3.8, 4) is 0 Å². The lowest BCUT2D eigenvalue weighted by Crippen LogP contribution is -2.39. The first kappa shape index (κ1) is 20.6. The second-order valence-electron chi connectivity index (χ2n) is 6.94. The van der Waals surface area contributed by atoms with Gasteiger partial charge in [-0.05, 0) is 37.2 Å². The van der Waals surface area contributed by atoms with Crippen molar-refractivity contribution in [2.45, 2.75) is 30.0 Å². The van der Waals surface area contributed by atoms with Gasteiger partial charge in [-0.25, -0.2) is 0 Å². The number of halogens is 1. The number of nitro benzene ring substituents is 1. The Morgan fingerprint density at radius 1 is 1.36 bits per heavy atom. The van der Waals surface area contributed by atoms with Crippen LogP contribution < -0.4 is 4.90 Å². The number of benzene rings is 2. The van der Waals surface area contributed by atoms with Crippen LogP contribution in [0.5, 0.6) is 0 Å². The number of non-ortho nitro benzene ring substituents is 1. The Morgan fingerprint density at radius 2 is 2.11 bits per heavy atom. The molecule has 28 heavy (non-hydrogen) atoms. The van der Waals surface area contributed by atoms with Crippen molar-refractivity contribution in [1.82, 2.24) is 4.90 Å². The van der Waals surface area contributed by atoms with E-state index in [1.54, 1.807) is 11.8 Å². The van der Waals surface area contributed by atoms with Gasteiger partial charge in [0.1, 0.15) is 0 Å². The second-order valence-corrected chi connectivity index (χ2v) is 8.82. The molecule has 0 aromatic heterocycles. The SMILES string of the molecule is CC1CCN(C(=O)CN(C)Cc2cc([N+](=O)[O-])ccc2Cl)c2ccccc2S1. The van der Waals surface area contributed by atoms with E-state index in [0.717, 1.165) is 17.0 Å². The second kappa shape index (κ2) is 8.94. The van der Waals surface area contributed by atoms with Crippen molar-refractivity contribution in [1.29, 1.82) is 0 Å². The fourth-order valence-corrected chi connectivity index (χ4v) is 4.49. The van der Waals surface area contributed by atoms with Crippen LogP contribution in [-0.4, -0.2) is 41.1 Å². The highest BCUT2D eigenvalue weighted by Gasteiger charge is 2.25. The van der Waals surface area contributed by atoms with Crippen LogP contribution in [0, 0.1) is 10.1 Å². The van der Waals surface area contributed by atoms with Gasteiger partial charge in [0.05, 0.1) is 17.2 Å². The van der Waals surface area contributed by atoms with Gasteiger partial charge in [0, 0.05) is 40.4 Å². The standard InChI is InChI=1S/C20H22ClN3O3S/c1-14-9-10-23(18-5-3-4-6-19(18)28-14)20(25)13-22(2)12-15-11-16(24(26)27)7-8-17(15)21/h3-8,11,14H,9-10,12-13H2,1-2H3. The Bertz CT molecular complexity index is 893. The number of fused-ring (bicyclic) bond motifs is 1. The van der Waals surface area contributed by atoms with E-state index in [2.05, 4.69) is 13.0 Å². The number of hydrogen-bond donors (Lipinski definition) is 0.